The van der Waals surface area contributed by atoms with E-state index >= 15 is 0 Å². The molecule has 1 saturated heterocycles. The van der Waals surface area contributed by atoms with Gasteiger partial charge < -0.3 is 13.8 Å². The lowest BCUT2D eigenvalue weighted by Crippen LogP contribution is -2.30. The molecule has 0 aromatic carbocycles. The van der Waals surface area contributed by atoms with E-state index in [0.29, 0.717) is 24.0 Å². The Morgan fingerprint density at radius 1 is 1.21 bits per heavy atom. The number of nitrogens with zero attached hydrogens (tertiary/aromatic N) is 5. The molecule has 3 aromatic heterocycles. The summed E-state index contributed by atoms with van der Waals surface area (Å²) in [4.78, 5) is 13.7. The molecule has 4 rings (SSSR count). The van der Waals surface area contributed by atoms with Crippen molar-refractivity contribution in [2.75, 3.05) is 31.1 Å². The van der Waals surface area contributed by atoms with Crippen LogP contribution in [-0.2, 0) is 6.54 Å². The highest BCUT2D eigenvalue weighted by Crippen LogP contribution is 2.22. The van der Waals surface area contributed by atoms with E-state index in [-0.39, 0.29) is 0 Å². The molecule has 0 atom stereocenters. The SMILES string of the molecule is Cc1csc(N2CCCN(Cc3nc(-c4ccco4)no3)CC2)n1. The molecule has 1 fully saturated rings. The number of aromatic nitrogens is 3. The van der Waals surface area contributed by atoms with E-state index in [1.165, 1.54) is 0 Å². The minimum absolute atomic E-state index is 0.504. The first-order chi connectivity index (χ1) is 11.8. The predicted molar refractivity (Wildman–Crippen MR) is 91.0 cm³/mol. The summed E-state index contributed by atoms with van der Waals surface area (Å²) in [5.41, 5.74) is 1.09. The zero-order valence-corrected chi connectivity index (χ0v) is 14.3. The maximum atomic E-state index is 5.36. The van der Waals surface area contributed by atoms with Crippen molar-refractivity contribution < 1.29 is 8.94 Å². The number of hydrogen-bond donors (Lipinski definition) is 0. The van der Waals surface area contributed by atoms with Crippen molar-refractivity contribution in [3.8, 4) is 11.6 Å². The van der Waals surface area contributed by atoms with Crippen LogP contribution in [-0.4, -0.2) is 46.2 Å². The van der Waals surface area contributed by atoms with Gasteiger partial charge in [0.25, 0.3) is 0 Å². The molecule has 1 aliphatic rings. The second-order valence-electron chi connectivity index (χ2n) is 5.88. The summed E-state index contributed by atoms with van der Waals surface area (Å²) in [5, 5.41) is 7.21. The lowest BCUT2D eigenvalue weighted by molar-refractivity contribution is 0.239. The Kier molecular flexibility index (Phi) is 4.31. The van der Waals surface area contributed by atoms with Crippen molar-refractivity contribution in [1.82, 2.24) is 20.0 Å². The van der Waals surface area contributed by atoms with E-state index < -0.39 is 0 Å². The Bertz CT molecular complexity index is 782. The van der Waals surface area contributed by atoms with Crippen LogP contribution < -0.4 is 4.90 Å². The smallest absolute Gasteiger partial charge is 0.241 e. The largest absolute Gasteiger partial charge is 0.461 e. The molecule has 0 amide bonds. The van der Waals surface area contributed by atoms with Gasteiger partial charge in [-0.25, -0.2) is 4.98 Å². The quantitative estimate of drug-likeness (QED) is 0.720. The third-order valence-electron chi connectivity index (χ3n) is 4.03. The van der Waals surface area contributed by atoms with Gasteiger partial charge in [-0.05, 0) is 25.5 Å². The Morgan fingerprint density at radius 3 is 2.96 bits per heavy atom. The molecule has 126 valence electrons. The van der Waals surface area contributed by atoms with E-state index in [9.17, 15) is 0 Å². The molecule has 0 aliphatic carbocycles. The fourth-order valence-electron chi connectivity index (χ4n) is 2.82. The molecule has 0 radical (unpaired) electrons. The highest BCUT2D eigenvalue weighted by molar-refractivity contribution is 7.13. The first kappa shape index (κ1) is 15.3. The molecule has 24 heavy (non-hydrogen) atoms. The van der Waals surface area contributed by atoms with Crippen LogP contribution in [0.4, 0.5) is 5.13 Å². The van der Waals surface area contributed by atoms with Crippen molar-refractivity contribution in [2.24, 2.45) is 0 Å². The van der Waals surface area contributed by atoms with Gasteiger partial charge in [-0.1, -0.05) is 5.16 Å². The van der Waals surface area contributed by atoms with Crippen LogP contribution in [0.15, 0.2) is 32.7 Å². The first-order valence-electron chi connectivity index (χ1n) is 8.04. The van der Waals surface area contributed by atoms with Crippen LogP contribution in [0.25, 0.3) is 11.6 Å². The molecular weight excluding hydrogens is 326 g/mol. The van der Waals surface area contributed by atoms with Crippen LogP contribution in [0.1, 0.15) is 18.0 Å². The Balaban J connectivity index is 1.37. The Labute approximate surface area is 143 Å². The summed E-state index contributed by atoms with van der Waals surface area (Å²) in [6.45, 7) is 6.67. The van der Waals surface area contributed by atoms with Crippen LogP contribution in [0, 0.1) is 6.92 Å². The monoisotopic (exact) mass is 345 g/mol. The molecule has 1 aliphatic heterocycles. The second kappa shape index (κ2) is 6.74. The normalized spacial score (nSPS) is 16.5. The molecule has 0 saturated carbocycles. The molecule has 4 heterocycles. The van der Waals surface area contributed by atoms with Gasteiger partial charge in [0, 0.05) is 31.6 Å². The molecule has 3 aromatic rings. The van der Waals surface area contributed by atoms with Crippen molar-refractivity contribution in [3.05, 3.63) is 35.4 Å². The van der Waals surface area contributed by atoms with Crippen molar-refractivity contribution in [2.45, 2.75) is 19.9 Å². The Morgan fingerprint density at radius 2 is 2.17 bits per heavy atom. The minimum Gasteiger partial charge on any atom is -0.461 e. The van der Waals surface area contributed by atoms with E-state index in [4.69, 9.17) is 8.94 Å². The third-order valence-corrected chi connectivity index (χ3v) is 5.05. The molecule has 0 bridgehead atoms. The average molecular weight is 345 g/mol. The predicted octanol–water partition coefficient (Wildman–Crippen LogP) is 2.81. The van der Waals surface area contributed by atoms with E-state index in [2.05, 4.69) is 30.3 Å². The number of furan rings is 1. The molecule has 0 unspecified atom stereocenters. The summed E-state index contributed by atoms with van der Waals surface area (Å²) < 4.78 is 10.7. The summed E-state index contributed by atoms with van der Waals surface area (Å²) in [5.74, 6) is 1.76. The standard InChI is InChI=1S/C16H19N5O2S/c1-12-11-24-16(17-12)21-6-3-5-20(7-8-21)10-14-18-15(19-23-14)13-4-2-9-22-13/h2,4,9,11H,3,5-8,10H2,1H3. The van der Waals surface area contributed by atoms with Gasteiger partial charge in [0.1, 0.15) is 0 Å². The number of hydrogen-bond acceptors (Lipinski definition) is 8. The van der Waals surface area contributed by atoms with Crippen molar-refractivity contribution >= 4 is 16.5 Å². The summed E-state index contributed by atoms with van der Waals surface area (Å²) in [6.07, 6.45) is 2.70. The van der Waals surface area contributed by atoms with Crippen LogP contribution >= 0.6 is 11.3 Å². The first-order valence-corrected chi connectivity index (χ1v) is 8.92. The van der Waals surface area contributed by atoms with Crippen molar-refractivity contribution in [3.63, 3.8) is 0 Å². The van der Waals surface area contributed by atoms with Gasteiger partial charge in [-0.15, -0.1) is 11.3 Å². The fourth-order valence-corrected chi connectivity index (χ4v) is 3.68. The maximum Gasteiger partial charge on any atom is 0.241 e. The minimum atomic E-state index is 0.504. The van der Waals surface area contributed by atoms with Gasteiger partial charge in [0.2, 0.25) is 11.7 Å². The average Bonchev–Trinajstić information content (AvgIpc) is 3.29. The number of aryl methyl sites for hydroxylation is 1. The zero-order valence-electron chi connectivity index (χ0n) is 13.5. The number of rotatable bonds is 4. The number of thiazole rings is 1. The van der Waals surface area contributed by atoms with E-state index in [0.717, 1.165) is 43.4 Å². The topological polar surface area (TPSA) is 71.4 Å². The maximum absolute atomic E-state index is 5.36. The van der Waals surface area contributed by atoms with Gasteiger partial charge >= 0.3 is 0 Å². The second-order valence-corrected chi connectivity index (χ2v) is 6.71. The van der Waals surface area contributed by atoms with Crippen LogP contribution in [0.5, 0.6) is 0 Å². The van der Waals surface area contributed by atoms with Crippen LogP contribution in [0.2, 0.25) is 0 Å². The lowest BCUT2D eigenvalue weighted by atomic mass is 10.4. The summed E-state index contributed by atoms with van der Waals surface area (Å²) >= 11 is 1.72. The van der Waals surface area contributed by atoms with Crippen LogP contribution in [0.3, 0.4) is 0 Å². The van der Waals surface area contributed by atoms with Gasteiger partial charge in [0.05, 0.1) is 18.5 Å². The molecular formula is C16H19N5O2S. The van der Waals surface area contributed by atoms with Gasteiger partial charge in [0.15, 0.2) is 10.9 Å². The molecule has 0 N–H and O–H groups in total. The van der Waals surface area contributed by atoms with E-state index in [1.807, 2.05) is 19.1 Å². The van der Waals surface area contributed by atoms with Crippen molar-refractivity contribution in [1.29, 1.82) is 0 Å². The highest BCUT2D eigenvalue weighted by Gasteiger charge is 2.19. The van der Waals surface area contributed by atoms with Gasteiger partial charge in [-0.2, -0.15) is 4.98 Å². The summed E-state index contributed by atoms with van der Waals surface area (Å²) in [7, 11) is 0. The lowest BCUT2D eigenvalue weighted by Gasteiger charge is -2.20. The van der Waals surface area contributed by atoms with E-state index in [1.54, 1.807) is 17.6 Å². The zero-order chi connectivity index (χ0) is 16.4. The highest BCUT2D eigenvalue weighted by atomic mass is 32.1. The summed E-state index contributed by atoms with van der Waals surface area (Å²) in [6, 6.07) is 3.64. The molecule has 7 nitrogen and oxygen atoms in total. The van der Waals surface area contributed by atoms with Gasteiger partial charge in [-0.3, -0.25) is 4.90 Å². The fraction of sp³-hybridized carbons (Fsp3) is 0.438. The molecule has 0 spiro atoms. The number of anilines is 1. The molecule has 8 heteroatoms. The third kappa shape index (κ3) is 3.34. The Hall–Kier alpha value is -2.19.